The first kappa shape index (κ1) is 11.0. The molecule has 1 fully saturated rings. The first-order chi connectivity index (χ1) is 8.75. The highest BCUT2D eigenvalue weighted by atomic mass is 16.1. The molecular formula is C14H15N3O. The number of hydrogen-bond donors (Lipinski definition) is 1. The van der Waals surface area contributed by atoms with E-state index in [9.17, 15) is 4.79 Å². The molecule has 3 rings (SSSR count). The zero-order valence-corrected chi connectivity index (χ0v) is 10.0. The summed E-state index contributed by atoms with van der Waals surface area (Å²) < 4.78 is 0. The number of rotatable bonds is 2. The number of hydrogen-bond acceptors (Lipinski definition) is 3. The first-order valence-corrected chi connectivity index (χ1v) is 6.16. The molecule has 0 bridgehead atoms. The lowest BCUT2D eigenvalue weighted by Crippen LogP contribution is -2.40. The number of primary amides is 1. The zero-order valence-electron chi connectivity index (χ0n) is 10.0. The fraction of sp³-hybridized carbons (Fsp3) is 0.286. The quantitative estimate of drug-likeness (QED) is 0.870. The molecule has 0 aliphatic carbocycles. The van der Waals surface area contributed by atoms with Crippen LogP contribution in [0.15, 0.2) is 36.5 Å². The van der Waals surface area contributed by atoms with Gasteiger partial charge in [-0.05, 0) is 37.1 Å². The summed E-state index contributed by atoms with van der Waals surface area (Å²) >= 11 is 0. The number of carbonyl (C=O) groups excluding carboxylic acids is 1. The molecule has 1 atom stereocenters. The lowest BCUT2D eigenvalue weighted by molar-refractivity contribution is -0.119. The van der Waals surface area contributed by atoms with Gasteiger partial charge in [-0.25, -0.2) is 0 Å². The Morgan fingerprint density at radius 3 is 3.11 bits per heavy atom. The highest BCUT2D eigenvalue weighted by molar-refractivity contribution is 5.87. The van der Waals surface area contributed by atoms with E-state index in [0.29, 0.717) is 0 Å². The molecule has 0 radical (unpaired) electrons. The largest absolute Gasteiger partial charge is 0.368 e. The van der Waals surface area contributed by atoms with E-state index in [4.69, 9.17) is 5.73 Å². The molecule has 1 saturated heterocycles. The minimum Gasteiger partial charge on any atom is -0.368 e. The summed E-state index contributed by atoms with van der Waals surface area (Å²) in [6.07, 6.45) is 3.64. The predicted molar refractivity (Wildman–Crippen MR) is 71.3 cm³/mol. The Hall–Kier alpha value is -2.10. The molecule has 2 N–H and O–H groups in total. The molecule has 1 amide bonds. The third-order valence-electron chi connectivity index (χ3n) is 3.50. The standard InChI is InChI=1S/C14H15N3O/c15-14(18)13-4-2-8-17(13)11-5-6-12-10(9-11)3-1-7-16-12/h1,3,5-7,9,13H,2,4,8H2,(H2,15,18). The Morgan fingerprint density at radius 2 is 2.28 bits per heavy atom. The van der Waals surface area contributed by atoms with Crippen LogP contribution in [0.2, 0.25) is 0 Å². The normalized spacial score (nSPS) is 19.3. The SMILES string of the molecule is NC(=O)C1CCCN1c1ccc2ncccc2c1. The maximum Gasteiger partial charge on any atom is 0.240 e. The van der Waals surface area contributed by atoms with Gasteiger partial charge in [-0.2, -0.15) is 0 Å². The van der Waals surface area contributed by atoms with Crippen LogP contribution in [0, 0.1) is 0 Å². The molecule has 1 aromatic carbocycles. The van der Waals surface area contributed by atoms with Gasteiger partial charge in [0.1, 0.15) is 6.04 Å². The lowest BCUT2D eigenvalue weighted by atomic mass is 10.1. The Labute approximate surface area is 105 Å². The molecule has 1 unspecified atom stereocenters. The fourth-order valence-electron chi connectivity index (χ4n) is 2.61. The summed E-state index contributed by atoms with van der Waals surface area (Å²) in [5.41, 5.74) is 7.47. The van der Waals surface area contributed by atoms with Gasteiger partial charge in [0.2, 0.25) is 5.91 Å². The molecule has 92 valence electrons. The Morgan fingerprint density at radius 1 is 1.39 bits per heavy atom. The lowest BCUT2D eigenvalue weighted by Gasteiger charge is -2.24. The van der Waals surface area contributed by atoms with Crippen molar-refractivity contribution in [1.29, 1.82) is 0 Å². The number of nitrogens with zero attached hydrogens (tertiary/aromatic N) is 2. The van der Waals surface area contributed by atoms with Crippen molar-refractivity contribution < 1.29 is 4.79 Å². The Balaban J connectivity index is 2.01. The van der Waals surface area contributed by atoms with Crippen molar-refractivity contribution in [1.82, 2.24) is 4.98 Å². The third-order valence-corrected chi connectivity index (χ3v) is 3.50. The van der Waals surface area contributed by atoms with E-state index in [1.54, 1.807) is 6.20 Å². The summed E-state index contributed by atoms with van der Waals surface area (Å²) in [4.78, 5) is 17.8. The fourth-order valence-corrected chi connectivity index (χ4v) is 2.61. The monoisotopic (exact) mass is 241 g/mol. The summed E-state index contributed by atoms with van der Waals surface area (Å²) in [6, 6.07) is 9.85. The molecule has 1 aliphatic rings. The van der Waals surface area contributed by atoms with E-state index in [-0.39, 0.29) is 11.9 Å². The van der Waals surface area contributed by atoms with Crippen molar-refractivity contribution in [3.8, 4) is 0 Å². The van der Waals surface area contributed by atoms with E-state index in [2.05, 4.69) is 16.0 Å². The van der Waals surface area contributed by atoms with Gasteiger partial charge >= 0.3 is 0 Å². The van der Waals surface area contributed by atoms with Crippen LogP contribution in [0.5, 0.6) is 0 Å². The molecule has 1 aliphatic heterocycles. The summed E-state index contributed by atoms with van der Waals surface area (Å²) in [6.45, 7) is 0.888. The molecular weight excluding hydrogens is 226 g/mol. The van der Waals surface area contributed by atoms with E-state index in [0.717, 1.165) is 36.0 Å². The van der Waals surface area contributed by atoms with Gasteiger partial charge in [0.15, 0.2) is 0 Å². The van der Waals surface area contributed by atoms with Crippen molar-refractivity contribution in [3.05, 3.63) is 36.5 Å². The maximum atomic E-state index is 11.4. The van der Waals surface area contributed by atoms with Gasteiger partial charge in [0.25, 0.3) is 0 Å². The number of pyridine rings is 1. The number of anilines is 1. The highest BCUT2D eigenvalue weighted by Crippen LogP contribution is 2.27. The predicted octanol–water partition coefficient (Wildman–Crippen LogP) is 1.69. The average molecular weight is 241 g/mol. The summed E-state index contributed by atoms with van der Waals surface area (Å²) in [5.74, 6) is -0.237. The maximum absolute atomic E-state index is 11.4. The molecule has 4 heteroatoms. The Bertz CT molecular complexity index is 596. The van der Waals surface area contributed by atoms with Gasteiger partial charge < -0.3 is 10.6 Å². The topological polar surface area (TPSA) is 59.2 Å². The van der Waals surface area contributed by atoms with Gasteiger partial charge in [0.05, 0.1) is 5.52 Å². The van der Waals surface area contributed by atoms with Gasteiger partial charge in [-0.1, -0.05) is 6.07 Å². The first-order valence-electron chi connectivity index (χ1n) is 6.16. The smallest absolute Gasteiger partial charge is 0.240 e. The van der Waals surface area contributed by atoms with Crippen LogP contribution in [-0.4, -0.2) is 23.5 Å². The number of carbonyl (C=O) groups is 1. The van der Waals surface area contributed by atoms with Crippen LogP contribution in [0.4, 0.5) is 5.69 Å². The van der Waals surface area contributed by atoms with Crippen LogP contribution >= 0.6 is 0 Å². The van der Waals surface area contributed by atoms with Gasteiger partial charge in [-0.3, -0.25) is 9.78 Å². The number of amides is 1. The van der Waals surface area contributed by atoms with E-state index in [1.807, 2.05) is 24.3 Å². The molecule has 2 heterocycles. The van der Waals surface area contributed by atoms with E-state index < -0.39 is 0 Å². The van der Waals surface area contributed by atoms with Crippen molar-refractivity contribution in [2.45, 2.75) is 18.9 Å². The van der Waals surface area contributed by atoms with E-state index >= 15 is 0 Å². The van der Waals surface area contributed by atoms with Gasteiger partial charge in [-0.15, -0.1) is 0 Å². The Kier molecular flexibility index (Phi) is 2.63. The molecule has 1 aromatic heterocycles. The van der Waals surface area contributed by atoms with Crippen LogP contribution in [0.1, 0.15) is 12.8 Å². The minimum absolute atomic E-state index is 0.167. The van der Waals surface area contributed by atoms with Crippen LogP contribution in [0.25, 0.3) is 10.9 Å². The number of aromatic nitrogens is 1. The highest BCUT2D eigenvalue weighted by Gasteiger charge is 2.29. The van der Waals surface area contributed by atoms with Crippen LogP contribution < -0.4 is 10.6 Å². The van der Waals surface area contributed by atoms with Crippen molar-refractivity contribution in [2.75, 3.05) is 11.4 Å². The van der Waals surface area contributed by atoms with Gasteiger partial charge in [0, 0.05) is 23.8 Å². The van der Waals surface area contributed by atoms with Crippen molar-refractivity contribution in [2.24, 2.45) is 5.73 Å². The second kappa shape index (κ2) is 4.29. The van der Waals surface area contributed by atoms with E-state index in [1.165, 1.54) is 0 Å². The minimum atomic E-state index is -0.237. The average Bonchev–Trinajstić information content (AvgIpc) is 2.87. The molecule has 0 spiro atoms. The zero-order chi connectivity index (χ0) is 12.5. The number of nitrogens with two attached hydrogens (primary N) is 1. The van der Waals surface area contributed by atoms with Crippen LogP contribution in [-0.2, 0) is 4.79 Å². The molecule has 2 aromatic rings. The van der Waals surface area contributed by atoms with Crippen molar-refractivity contribution in [3.63, 3.8) is 0 Å². The summed E-state index contributed by atoms with van der Waals surface area (Å²) in [7, 11) is 0. The molecule has 18 heavy (non-hydrogen) atoms. The second-order valence-electron chi connectivity index (χ2n) is 4.63. The van der Waals surface area contributed by atoms with Crippen molar-refractivity contribution >= 4 is 22.5 Å². The number of benzene rings is 1. The summed E-state index contributed by atoms with van der Waals surface area (Å²) in [5, 5.41) is 1.09. The molecule has 0 saturated carbocycles. The van der Waals surface area contributed by atoms with Crippen LogP contribution in [0.3, 0.4) is 0 Å². The third kappa shape index (κ3) is 1.79. The number of fused-ring (bicyclic) bond motifs is 1. The molecule has 4 nitrogen and oxygen atoms in total. The second-order valence-corrected chi connectivity index (χ2v) is 4.63.